The molecule has 0 aliphatic carbocycles. The largest absolute Gasteiger partial charge is 1.00 e. The molecular formula is C49H102FN. The summed E-state index contributed by atoms with van der Waals surface area (Å²) in [4.78, 5) is 0. The molecule has 0 fully saturated rings. The smallest absolute Gasteiger partial charge is 0.0784 e. The Morgan fingerprint density at radius 2 is 0.314 bits per heavy atom. The summed E-state index contributed by atoms with van der Waals surface area (Å²) in [5.74, 6) is 0. The van der Waals surface area contributed by atoms with Crippen LogP contribution in [0.3, 0.4) is 0 Å². The Balaban J connectivity index is 0. The molecule has 0 unspecified atom stereocenters. The number of halogens is 1. The van der Waals surface area contributed by atoms with Gasteiger partial charge in [-0.25, -0.2) is 0 Å². The van der Waals surface area contributed by atoms with Gasteiger partial charge >= 0.3 is 0 Å². The Bertz CT molecular complexity index is 512. The predicted molar refractivity (Wildman–Crippen MR) is 232 cm³/mol. The zero-order chi connectivity index (χ0) is 36.3. The van der Waals surface area contributed by atoms with Gasteiger partial charge in [-0.15, -0.1) is 0 Å². The van der Waals surface area contributed by atoms with Crippen molar-refractivity contribution in [2.75, 3.05) is 26.7 Å². The van der Waals surface area contributed by atoms with Gasteiger partial charge in [-0.3, -0.25) is 0 Å². The Hall–Kier alpha value is -0.110. The highest BCUT2D eigenvalue weighted by Crippen LogP contribution is 2.19. The van der Waals surface area contributed by atoms with Crippen LogP contribution in [0.15, 0.2) is 0 Å². The number of unbranched alkanes of at least 4 members (excludes halogenated alkanes) is 39. The second kappa shape index (κ2) is 46.0. The molecule has 0 aromatic rings. The topological polar surface area (TPSA) is 0 Å². The first-order valence-corrected chi connectivity index (χ1v) is 24.5. The molecule has 0 saturated carbocycles. The van der Waals surface area contributed by atoms with Crippen molar-refractivity contribution in [3.8, 4) is 0 Å². The second-order valence-electron chi connectivity index (χ2n) is 17.6. The number of nitrogens with zero attached hydrogens (tertiary/aromatic N) is 1. The van der Waals surface area contributed by atoms with E-state index in [4.69, 9.17) is 0 Å². The monoisotopic (exact) mass is 724 g/mol. The van der Waals surface area contributed by atoms with E-state index in [2.05, 4.69) is 27.8 Å². The average molecular weight is 724 g/mol. The number of rotatable bonds is 45. The number of hydrogen-bond acceptors (Lipinski definition) is 0. The lowest BCUT2D eigenvalue weighted by Gasteiger charge is -2.35. The number of hydrogen-bond donors (Lipinski definition) is 0. The lowest BCUT2D eigenvalue weighted by atomic mass is 10.0. The number of quaternary nitrogens is 1. The second-order valence-corrected chi connectivity index (χ2v) is 17.6. The van der Waals surface area contributed by atoms with E-state index < -0.39 is 0 Å². The van der Waals surface area contributed by atoms with Gasteiger partial charge in [-0.1, -0.05) is 252 Å². The molecule has 0 aliphatic rings. The summed E-state index contributed by atoms with van der Waals surface area (Å²) in [7, 11) is 2.63. The molecule has 2 heteroatoms. The molecule has 0 N–H and O–H groups in total. The summed E-state index contributed by atoms with van der Waals surface area (Å²) in [5, 5.41) is 0. The third-order valence-corrected chi connectivity index (χ3v) is 12.2. The first kappa shape index (κ1) is 53.0. The van der Waals surface area contributed by atoms with Crippen LogP contribution < -0.4 is 4.70 Å². The van der Waals surface area contributed by atoms with Crippen LogP contribution in [0.4, 0.5) is 0 Å². The fourth-order valence-corrected chi connectivity index (χ4v) is 8.40. The maximum atomic E-state index is 2.63. The fraction of sp³-hybridized carbons (Fsp3) is 1.00. The van der Waals surface area contributed by atoms with Crippen molar-refractivity contribution >= 4 is 0 Å². The molecule has 0 spiro atoms. The van der Waals surface area contributed by atoms with Crippen LogP contribution in [0, 0.1) is 0 Å². The van der Waals surface area contributed by atoms with E-state index >= 15 is 0 Å². The van der Waals surface area contributed by atoms with Gasteiger partial charge in [-0.05, 0) is 38.5 Å². The van der Waals surface area contributed by atoms with Gasteiger partial charge in [0.05, 0.1) is 26.7 Å². The zero-order valence-electron chi connectivity index (χ0n) is 36.6. The van der Waals surface area contributed by atoms with E-state index in [9.17, 15) is 0 Å². The van der Waals surface area contributed by atoms with Crippen LogP contribution in [0.5, 0.6) is 0 Å². The van der Waals surface area contributed by atoms with Crippen LogP contribution in [0.1, 0.15) is 290 Å². The van der Waals surface area contributed by atoms with Crippen molar-refractivity contribution in [2.24, 2.45) is 0 Å². The highest BCUT2D eigenvalue weighted by atomic mass is 19.0. The van der Waals surface area contributed by atoms with Crippen LogP contribution in [-0.4, -0.2) is 31.2 Å². The molecule has 310 valence electrons. The van der Waals surface area contributed by atoms with Crippen LogP contribution in [-0.2, 0) is 0 Å². The molecular weight excluding hydrogens is 622 g/mol. The summed E-state index contributed by atoms with van der Waals surface area (Å²) >= 11 is 0. The minimum absolute atomic E-state index is 0. The summed E-state index contributed by atoms with van der Waals surface area (Å²) in [6.45, 7) is 11.3. The molecule has 0 atom stereocenters. The molecule has 0 amide bonds. The molecule has 0 rings (SSSR count). The molecule has 0 aromatic carbocycles. The third kappa shape index (κ3) is 44.2. The van der Waals surface area contributed by atoms with E-state index in [-0.39, 0.29) is 4.70 Å². The van der Waals surface area contributed by atoms with Gasteiger partial charge in [-0.2, -0.15) is 0 Å². The first-order valence-electron chi connectivity index (χ1n) is 24.5. The molecule has 1 nitrogen and oxygen atoms in total. The maximum absolute atomic E-state index is 2.63. The minimum atomic E-state index is 0. The van der Waals surface area contributed by atoms with Crippen molar-refractivity contribution in [1.82, 2.24) is 0 Å². The van der Waals surface area contributed by atoms with Crippen LogP contribution in [0.2, 0.25) is 0 Å². The molecule has 0 radical (unpaired) electrons. The predicted octanol–water partition coefficient (Wildman–Crippen LogP) is 14.9. The van der Waals surface area contributed by atoms with Crippen LogP contribution in [0.25, 0.3) is 0 Å². The molecule has 51 heavy (non-hydrogen) atoms. The maximum Gasteiger partial charge on any atom is 0.0784 e. The standard InChI is InChI=1S/C49H102N.FH/c1-5-8-11-14-17-20-23-26-29-32-35-38-41-44-47-50(4,48-45-42-39-36-33-30-27-24-21-18-15-12-9-6-2)49-46-43-40-37-34-31-28-25-22-19-16-13-10-7-3;/h5-49H2,1-4H3;1H/q+1;/p-1. The Morgan fingerprint density at radius 3 is 0.451 bits per heavy atom. The summed E-state index contributed by atoms with van der Waals surface area (Å²) in [6, 6.07) is 0. The molecule has 0 heterocycles. The average Bonchev–Trinajstić information content (AvgIpc) is 3.12. The minimum Gasteiger partial charge on any atom is -1.00 e. The van der Waals surface area contributed by atoms with Gasteiger partial charge in [0.1, 0.15) is 0 Å². The van der Waals surface area contributed by atoms with Gasteiger partial charge < -0.3 is 9.19 Å². The highest BCUT2D eigenvalue weighted by Gasteiger charge is 2.20. The Kier molecular flexibility index (Phi) is 47.8. The van der Waals surface area contributed by atoms with E-state index in [0.717, 1.165) is 0 Å². The van der Waals surface area contributed by atoms with Gasteiger partial charge in [0.25, 0.3) is 0 Å². The normalized spacial score (nSPS) is 11.8. The van der Waals surface area contributed by atoms with Crippen molar-refractivity contribution in [1.29, 1.82) is 0 Å². The van der Waals surface area contributed by atoms with Crippen molar-refractivity contribution in [3.63, 3.8) is 0 Å². The van der Waals surface area contributed by atoms with Gasteiger partial charge in [0, 0.05) is 0 Å². The van der Waals surface area contributed by atoms with E-state index in [1.165, 1.54) is 294 Å². The summed E-state index contributed by atoms with van der Waals surface area (Å²) in [6.07, 6.45) is 61.7. The van der Waals surface area contributed by atoms with Gasteiger partial charge in [0.2, 0.25) is 0 Å². The zero-order valence-corrected chi connectivity index (χ0v) is 36.6. The van der Waals surface area contributed by atoms with E-state index in [1.807, 2.05) is 0 Å². The fourth-order valence-electron chi connectivity index (χ4n) is 8.40. The molecule has 0 aliphatic heterocycles. The van der Waals surface area contributed by atoms with Crippen molar-refractivity contribution in [3.05, 3.63) is 0 Å². The molecule has 0 bridgehead atoms. The Labute approximate surface area is 325 Å². The Morgan fingerprint density at radius 1 is 0.196 bits per heavy atom. The quantitative estimate of drug-likeness (QED) is 0.0433. The SMILES string of the molecule is CCCCCCCCCCCCCCCC[N+](C)(CCCCCCCCCCCCCCCC)CCCCCCCCCCCCCCCC.[F-]. The lowest BCUT2D eigenvalue weighted by molar-refractivity contribution is -0.910. The lowest BCUT2D eigenvalue weighted by Crippen LogP contribution is -3.00. The molecule has 0 aromatic heterocycles. The molecule has 0 saturated heterocycles. The van der Waals surface area contributed by atoms with Crippen molar-refractivity contribution in [2.45, 2.75) is 290 Å². The third-order valence-electron chi connectivity index (χ3n) is 12.2. The van der Waals surface area contributed by atoms with E-state index in [1.54, 1.807) is 0 Å². The first-order chi connectivity index (χ1) is 24.7. The van der Waals surface area contributed by atoms with Crippen LogP contribution >= 0.6 is 0 Å². The summed E-state index contributed by atoms with van der Waals surface area (Å²) < 4.78 is 1.37. The van der Waals surface area contributed by atoms with E-state index in [0.29, 0.717) is 0 Å². The van der Waals surface area contributed by atoms with Gasteiger partial charge in [0.15, 0.2) is 0 Å². The highest BCUT2D eigenvalue weighted by molar-refractivity contribution is 4.54. The summed E-state index contributed by atoms with van der Waals surface area (Å²) in [5.41, 5.74) is 0. The van der Waals surface area contributed by atoms with Crippen molar-refractivity contribution < 1.29 is 9.19 Å².